The summed E-state index contributed by atoms with van der Waals surface area (Å²) in [5.74, 6) is -0.506. The van der Waals surface area contributed by atoms with Crippen LogP contribution in [0, 0.1) is 5.82 Å². The standard InChI is InChI=1S/C22H18ClFN2O3/c23-17-5-1-15(2-6-17)13-25-21(27)14-29-20-11-3-16(4-12-20)22(28)26-19-9-7-18(24)8-10-19/h1-12H,13-14H2,(H,25,27)(H,26,28). The van der Waals surface area contributed by atoms with Crippen LogP contribution < -0.4 is 15.4 Å². The lowest BCUT2D eigenvalue weighted by Crippen LogP contribution is -2.28. The van der Waals surface area contributed by atoms with Crippen molar-refractivity contribution in [3.05, 3.63) is 94.8 Å². The number of benzene rings is 3. The van der Waals surface area contributed by atoms with Crippen molar-refractivity contribution in [2.75, 3.05) is 11.9 Å². The maximum atomic E-state index is 12.9. The minimum absolute atomic E-state index is 0.144. The molecule has 29 heavy (non-hydrogen) atoms. The van der Waals surface area contributed by atoms with Crippen molar-refractivity contribution in [3.8, 4) is 5.75 Å². The van der Waals surface area contributed by atoms with Gasteiger partial charge in [0.2, 0.25) is 0 Å². The minimum atomic E-state index is -0.373. The monoisotopic (exact) mass is 412 g/mol. The Morgan fingerprint density at radius 1 is 0.897 bits per heavy atom. The molecular weight excluding hydrogens is 395 g/mol. The SMILES string of the molecule is O=C(COc1ccc(C(=O)Nc2ccc(F)cc2)cc1)NCc1ccc(Cl)cc1. The second kappa shape index (κ2) is 9.71. The van der Waals surface area contributed by atoms with E-state index in [1.165, 1.54) is 24.3 Å². The summed E-state index contributed by atoms with van der Waals surface area (Å²) in [5.41, 5.74) is 1.84. The molecule has 2 amide bonds. The summed E-state index contributed by atoms with van der Waals surface area (Å²) in [7, 11) is 0. The van der Waals surface area contributed by atoms with Gasteiger partial charge in [-0.1, -0.05) is 23.7 Å². The first kappa shape index (κ1) is 20.4. The highest BCUT2D eigenvalue weighted by Crippen LogP contribution is 2.15. The van der Waals surface area contributed by atoms with Crippen molar-refractivity contribution >= 4 is 29.1 Å². The maximum absolute atomic E-state index is 12.9. The number of halogens is 2. The number of ether oxygens (including phenoxy) is 1. The largest absolute Gasteiger partial charge is 0.484 e. The van der Waals surface area contributed by atoms with Crippen molar-refractivity contribution in [1.82, 2.24) is 5.32 Å². The summed E-state index contributed by atoms with van der Waals surface area (Å²) in [4.78, 5) is 24.1. The zero-order valence-corrected chi connectivity index (χ0v) is 16.1. The third kappa shape index (κ3) is 6.33. The summed E-state index contributed by atoms with van der Waals surface area (Å²) in [6.07, 6.45) is 0. The molecule has 0 radical (unpaired) electrons. The molecule has 3 aromatic rings. The van der Waals surface area contributed by atoms with Crippen LogP contribution in [0.2, 0.25) is 5.02 Å². The van der Waals surface area contributed by atoms with Crippen molar-refractivity contribution in [2.45, 2.75) is 6.54 Å². The Balaban J connectivity index is 1.45. The van der Waals surface area contributed by atoms with Gasteiger partial charge in [-0.05, 0) is 66.2 Å². The van der Waals surface area contributed by atoms with Crippen LogP contribution in [-0.2, 0) is 11.3 Å². The zero-order chi connectivity index (χ0) is 20.6. The van der Waals surface area contributed by atoms with Crippen molar-refractivity contribution in [1.29, 1.82) is 0 Å². The number of anilines is 1. The Kier molecular flexibility index (Phi) is 6.81. The quantitative estimate of drug-likeness (QED) is 0.603. The topological polar surface area (TPSA) is 67.4 Å². The maximum Gasteiger partial charge on any atom is 0.258 e. The number of nitrogens with one attached hydrogen (secondary N) is 2. The minimum Gasteiger partial charge on any atom is -0.484 e. The number of carbonyl (C=O) groups excluding carboxylic acids is 2. The Morgan fingerprint density at radius 2 is 1.55 bits per heavy atom. The fraction of sp³-hybridized carbons (Fsp3) is 0.0909. The molecule has 2 N–H and O–H groups in total. The molecule has 0 aromatic heterocycles. The van der Waals surface area contributed by atoms with Gasteiger partial charge in [-0.3, -0.25) is 9.59 Å². The van der Waals surface area contributed by atoms with Crippen LogP contribution in [0.5, 0.6) is 5.75 Å². The van der Waals surface area contributed by atoms with Gasteiger partial charge >= 0.3 is 0 Å². The molecule has 0 heterocycles. The van der Waals surface area contributed by atoms with Crippen LogP contribution in [0.1, 0.15) is 15.9 Å². The summed E-state index contributed by atoms with van der Waals surface area (Å²) < 4.78 is 18.3. The van der Waals surface area contributed by atoms with E-state index in [-0.39, 0.29) is 24.2 Å². The molecule has 7 heteroatoms. The molecule has 0 saturated carbocycles. The van der Waals surface area contributed by atoms with E-state index in [0.717, 1.165) is 5.56 Å². The van der Waals surface area contributed by atoms with Gasteiger partial charge < -0.3 is 15.4 Å². The number of amides is 2. The zero-order valence-electron chi connectivity index (χ0n) is 15.3. The molecule has 0 fully saturated rings. The molecular formula is C22H18ClFN2O3. The number of hydrogen-bond acceptors (Lipinski definition) is 3. The molecule has 0 spiro atoms. The van der Waals surface area contributed by atoms with E-state index in [4.69, 9.17) is 16.3 Å². The normalized spacial score (nSPS) is 10.3. The molecule has 3 aromatic carbocycles. The lowest BCUT2D eigenvalue weighted by Gasteiger charge is -2.09. The van der Waals surface area contributed by atoms with Crippen LogP contribution in [0.15, 0.2) is 72.8 Å². The van der Waals surface area contributed by atoms with E-state index in [1.54, 1.807) is 36.4 Å². The van der Waals surface area contributed by atoms with Crippen LogP contribution >= 0.6 is 11.6 Å². The van der Waals surface area contributed by atoms with Gasteiger partial charge in [0.25, 0.3) is 11.8 Å². The van der Waals surface area contributed by atoms with Gasteiger partial charge in [-0.15, -0.1) is 0 Å². The highest BCUT2D eigenvalue weighted by atomic mass is 35.5. The predicted octanol–water partition coefficient (Wildman–Crippen LogP) is 4.43. The van der Waals surface area contributed by atoms with E-state index in [1.807, 2.05) is 12.1 Å². The third-order valence-corrected chi connectivity index (χ3v) is 4.24. The lowest BCUT2D eigenvalue weighted by molar-refractivity contribution is -0.123. The predicted molar refractivity (Wildman–Crippen MR) is 110 cm³/mol. The molecule has 0 bridgehead atoms. The van der Waals surface area contributed by atoms with Gasteiger partial charge in [0.1, 0.15) is 11.6 Å². The van der Waals surface area contributed by atoms with Crippen LogP contribution in [0.4, 0.5) is 10.1 Å². The first-order chi connectivity index (χ1) is 14.0. The Hall–Kier alpha value is -3.38. The summed E-state index contributed by atoms with van der Waals surface area (Å²) in [6.45, 7) is 0.233. The third-order valence-electron chi connectivity index (χ3n) is 3.99. The Morgan fingerprint density at radius 3 is 2.21 bits per heavy atom. The molecule has 0 unspecified atom stereocenters. The average molecular weight is 413 g/mol. The van der Waals surface area contributed by atoms with Crippen molar-refractivity contribution < 1.29 is 18.7 Å². The fourth-order valence-corrected chi connectivity index (χ4v) is 2.57. The molecule has 0 saturated heterocycles. The smallest absolute Gasteiger partial charge is 0.258 e. The van der Waals surface area contributed by atoms with Gasteiger partial charge in [-0.25, -0.2) is 4.39 Å². The van der Waals surface area contributed by atoms with Crippen molar-refractivity contribution in [2.24, 2.45) is 0 Å². The second-order valence-corrected chi connectivity index (χ2v) is 6.61. The van der Waals surface area contributed by atoms with Gasteiger partial charge in [-0.2, -0.15) is 0 Å². The molecule has 0 aliphatic carbocycles. The molecule has 0 aliphatic rings. The Labute approximate surface area is 172 Å². The molecule has 3 rings (SSSR count). The number of hydrogen-bond donors (Lipinski definition) is 2. The molecule has 0 atom stereocenters. The molecule has 5 nitrogen and oxygen atoms in total. The summed E-state index contributed by atoms with van der Waals surface area (Å²) in [5, 5.41) is 6.06. The highest BCUT2D eigenvalue weighted by Gasteiger charge is 2.08. The first-order valence-corrected chi connectivity index (χ1v) is 9.18. The highest BCUT2D eigenvalue weighted by molar-refractivity contribution is 6.30. The van der Waals surface area contributed by atoms with E-state index >= 15 is 0 Å². The second-order valence-electron chi connectivity index (χ2n) is 6.18. The van der Waals surface area contributed by atoms with Gasteiger partial charge in [0.05, 0.1) is 0 Å². The van der Waals surface area contributed by atoms with E-state index in [2.05, 4.69) is 10.6 Å². The van der Waals surface area contributed by atoms with Gasteiger partial charge in [0, 0.05) is 22.8 Å². The molecule has 148 valence electrons. The van der Waals surface area contributed by atoms with Crippen LogP contribution in [0.25, 0.3) is 0 Å². The lowest BCUT2D eigenvalue weighted by atomic mass is 10.2. The number of rotatable bonds is 7. The van der Waals surface area contributed by atoms with Crippen LogP contribution in [0.3, 0.4) is 0 Å². The van der Waals surface area contributed by atoms with E-state index in [0.29, 0.717) is 28.6 Å². The average Bonchev–Trinajstić information content (AvgIpc) is 2.74. The summed E-state index contributed by atoms with van der Waals surface area (Å²) >= 11 is 5.82. The summed E-state index contributed by atoms with van der Waals surface area (Å²) in [6, 6.07) is 19.0. The number of carbonyl (C=O) groups is 2. The first-order valence-electron chi connectivity index (χ1n) is 8.80. The van der Waals surface area contributed by atoms with Crippen molar-refractivity contribution in [3.63, 3.8) is 0 Å². The molecule has 0 aliphatic heterocycles. The van der Waals surface area contributed by atoms with E-state index < -0.39 is 0 Å². The fourth-order valence-electron chi connectivity index (χ4n) is 2.44. The van der Waals surface area contributed by atoms with Crippen LogP contribution in [-0.4, -0.2) is 18.4 Å². The Bertz CT molecular complexity index is 974. The van der Waals surface area contributed by atoms with E-state index in [9.17, 15) is 14.0 Å². The van der Waals surface area contributed by atoms with Gasteiger partial charge in [0.15, 0.2) is 6.61 Å².